The highest BCUT2D eigenvalue weighted by atomic mass is 16.5. The summed E-state index contributed by atoms with van der Waals surface area (Å²) in [5, 5.41) is 4.37. The number of fused-ring (bicyclic) bond motifs is 1. The number of hydrogen-bond acceptors (Lipinski definition) is 5. The summed E-state index contributed by atoms with van der Waals surface area (Å²) in [4.78, 5) is 22.3. The molecule has 2 heterocycles. The van der Waals surface area contributed by atoms with E-state index in [0.29, 0.717) is 26.3 Å². The summed E-state index contributed by atoms with van der Waals surface area (Å²) >= 11 is 0. The Bertz CT molecular complexity index is 844. The van der Waals surface area contributed by atoms with Gasteiger partial charge >= 0.3 is 0 Å². The van der Waals surface area contributed by atoms with Crippen molar-refractivity contribution in [2.24, 2.45) is 0 Å². The van der Waals surface area contributed by atoms with Crippen molar-refractivity contribution in [2.45, 2.75) is 44.6 Å². The highest BCUT2D eigenvalue weighted by Crippen LogP contribution is 2.23. The lowest BCUT2D eigenvalue weighted by Crippen LogP contribution is -2.40. The number of pyridine rings is 1. The van der Waals surface area contributed by atoms with Gasteiger partial charge < -0.3 is 19.9 Å². The predicted molar refractivity (Wildman–Crippen MR) is 121 cm³/mol. The monoisotopic (exact) mass is 410 g/mol. The van der Waals surface area contributed by atoms with Crippen LogP contribution in [0.15, 0.2) is 30.3 Å². The highest BCUT2D eigenvalue weighted by Gasteiger charge is 2.21. The second-order valence-electron chi connectivity index (χ2n) is 8.53. The van der Waals surface area contributed by atoms with Gasteiger partial charge in [0.05, 0.1) is 24.3 Å². The van der Waals surface area contributed by atoms with E-state index in [9.17, 15) is 4.79 Å². The quantitative estimate of drug-likeness (QED) is 0.704. The largest absolute Gasteiger partial charge is 0.378 e. The summed E-state index contributed by atoms with van der Waals surface area (Å²) in [6, 6.07) is 10.6. The van der Waals surface area contributed by atoms with Gasteiger partial charge in [-0.2, -0.15) is 0 Å². The van der Waals surface area contributed by atoms with Gasteiger partial charge in [-0.1, -0.05) is 37.5 Å². The molecule has 0 bridgehead atoms. The van der Waals surface area contributed by atoms with Crippen LogP contribution in [0.4, 0.5) is 5.82 Å². The molecule has 0 radical (unpaired) electrons. The number of nitrogens with one attached hydrogen (secondary N) is 1. The lowest BCUT2D eigenvalue weighted by molar-refractivity contribution is 0.0304. The van der Waals surface area contributed by atoms with Crippen LogP contribution < -0.4 is 5.32 Å². The average Bonchev–Trinajstić information content (AvgIpc) is 2.82. The molecule has 1 amide bonds. The molecule has 1 saturated carbocycles. The standard InChI is InChI=1S/C24H34N4O2/c1-27(19-8-3-2-4-9-19)13-7-12-25-23-18-21(20-10-5-6-11-22(20)26-23)24(29)28-14-16-30-17-15-28/h5-6,10-11,18-19H,2-4,7-9,12-17H2,1H3,(H,25,26). The summed E-state index contributed by atoms with van der Waals surface area (Å²) < 4.78 is 5.40. The number of benzene rings is 1. The minimum atomic E-state index is 0.0666. The van der Waals surface area contributed by atoms with Crippen LogP contribution in [-0.2, 0) is 4.74 Å². The summed E-state index contributed by atoms with van der Waals surface area (Å²) in [7, 11) is 2.25. The van der Waals surface area contributed by atoms with Gasteiger partial charge in [0.25, 0.3) is 5.91 Å². The molecule has 1 aromatic heterocycles. The van der Waals surface area contributed by atoms with E-state index in [2.05, 4.69) is 17.3 Å². The third-order valence-corrected chi connectivity index (χ3v) is 6.44. The number of rotatable bonds is 7. The topological polar surface area (TPSA) is 57.7 Å². The van der Waals surface area contributed by atoms with Gasteiger partial charge in [-0.3, -0.25) is 4.79 Å². The Morgan fingerprint density at radius 2 is 1.97 bits per heavy atom. The maximum Gasteiger partial charge on any atom is 0.254 e. The van der Waals surface area contributed by atoms with Crippen LogP contribution in [0, 0.1) is 0 Å². The first-order chi connectivity index (χ1) is 14.7. The fourth-order valence-electron chi connectivity index (χ4n) is 4.63. The number of anilines is 1. The molecule has 0 atom stereocenters. The van der Waals surface area contributed by atoms with Crippen molar-refractivity contribution in [3.63, 3.8) is 0 Å². The van der Waals surface area contributed by atoms with E-state index in [1.165, 1.54) is 32.1 Å². The number of para-hydroxylation sites is 1. The Morgan fingerprint density at radius 1 is 1.20 bits per heavy atom. The third kappa shape index (κ3) is 5.10. The third-order valence-electron chi connectivity index (χ3n) is 6.44. The number of hydrogen-bond donors (Lipinski definition) is 1. The van der Waals surface area contributed by atoms with E-state index < -0.39 is 0 Å². The number of ether oxygens (including phenoxy) is 1. The first-order valence-corrected chi connectivity index (χ1v) is 11.4. The smallest absolute Gasteiger partial charge is 0.254 e. The Hall–Kier alpha value is -2.18. The fraction of sp³-hybridized carbons (Fsp3) is 0.583. The molecule has 0 spiro atoms. The number of carbonyl (C=O) groups excluding carboxylic acids is 1. The molecule has 2 fully saturated rings. The number of aromatic nitrogens is 1. The van der Waals surface area contributed by atoms with E-state index >= 15 is 0 Å². The first-order valence-electron chi connectivity index (χ1n) is 11.4. The van der Waals surface area contributed by atoms with Crippen molar-refractivity contribution >= 4 is 22.6 Å². The molecule has 1 N–H and O–H groups in total. The highest BCUT2D eigenvalue weighted by molar-refractivity contribution is 6.07. The normalized spacial score (nSPS) is 18.1. The molecular weight excluding hydrogens is 376 g/mol. The zero-order chi connectivity index (χ0) is 20.8. The number of carbonyl (C=O) groups is 1. The molecule has 0 unspecified atom stereocenters. The van der Waals surface area contributed by atoms with Crippen molar-refractivity contribution in [3.8, 4) is 0 Å². The molecule has 1 saturated heterocycles. The van der Waals surface area contributed by atoms with Gasteiger partial charge in [0, 0.05) is 31.1 Å². The van der Waals surface area contributed by atoms with Crippen LogP contribution in [0.5, 0.6) is 0 Å². The fourth-order valence-corrected chi connectivity index (χ4v) is 4.63. The van der Waals surface area contributed by atoms with Crippen molar-refractivity contribution < 1.29 is 9.53 Å². The van der Waals surface area contributed by atoms with Gasteiger partial charge in [-0.05, 0) is 45.0 Å². The minimum absolute atomic E-state index is 0.0666. The summed E-state index contributed by atoms with van der Waals surface area (Å²) in [5.74, 6) is 0.850. The van der Waals surface area contributed by atoms with Crippen molar-refractivity contribution in [2.75, 3.05) is 51.8 Å². The van der Waals surface area contributed by atoms with Gasteiger partial charge in [0.2, 0.25) is 0 Å². The first kappa shape index (κ1) is 21.1. The Kier molecular flexibility index (Phi) is 7.18. The number of morpholine rings is 1. The van der Waals surface area contributed by atoms with Crippen molar-refractivity contribution in [1.29, 1.82) is 0 Å². The zero-order valence-corrected chi connectivity index (χ0v) is 18.1. The van der Waals surface area contributed by atoms with Gasteiger partial charge in [0.15, 0.2) is 0 Å². The zero-order valence-electron chi connectivity index (χ0n) is 18.1. The molecule has 30 heavy (non-hydrogen) atoms. The van der Waals surface area contributed by atoms with E-state index in [0.717, 1.165) is 47.8 Å². The van der Waals surface area contributed by atoms with Crippen LogP contribution in [-0.4, -0.2) is 73.2 Å². The average molecular weight is 411 g/mol. The van der Waals surface area contributed by atoms with E-state index in [1.807, 2.05) is 35.2 Å². The van der Waals surface area contributed by atoms with Crippen molar-refractivity contribution in [1.82, 2.24) is 14.8 Å². The minimum Gasteiger partial charge on any atom is -0.378 e. The van der Waals surface area contributed by atoms with Gasteiger partial charge in [-0.15, -0.1) is 0 Å². The van der Waals surface area contributed by atoms with Crippen LogP contribution >= 0.6 is 0 Å². The number of amides is 1. The molecule has 1 aliphatic carbocycles. The van der Waals surface area contributed by atoms with E-state index in [-0.39, 0.29) is 5.91 Å². The van der Waals surface area contributed by atoms with Gasteiger partial charge in [0.1, 0.15) is 5.82 Å². The maximum atomic E-state index is 13.2. The predicted octanol–water partition coefficient (Wildman–Crippen LogP) is 3.77. The van der Waals surface area contributed by atoms with Crippen LogP contribution in [0.2, 0.25) is 0 Å². The molecule has 2 aromatic rings. The van der Waals surface area contributed by atoms with Crippen LogP contribution in [0.3, 0.4) is 0 Å². The lowest BCUT2D eigenvalue weighted by Gasteiger charge is -2.31. The van der Waals surface area contributed by atoms with Gasteiger partial charge in [-0.25, -0.2) is 4.98 Å². The Labute approximate surface area is 179 Å². The van der Waals surface area contributed by atoms with E-state index in [4.69, 9.17) is 9.72 Å². The second kappa shape index (κ2) is 10.2. The molecule has 6 heteroatoms. The van der Waals surface area contributed by atoms with E-state index in [1.54, 1.807) is 0 Å². The second-order valence-corrected chi connectivity index (χ2v) is 8.53. The summed E-state index contributed by atoms with van der Waals surface area (Å²) in [6.45, 7) is 4.44. The molecule has 162 valence electrons. The number of nitrogens with zero attached hydrogens (tertiary/aromatic N) is 3. The molecule has 6 nitrogen and oxygen atoms in total. The molecule has 1 aliphatic heterocycles. The van der Waals surface area contributed by atoms with Crippen molar-refractivity contribution in [3.05, 3.63) is 35.9 Å². The van der Waals surface area contributed by atoms with Crippen LogP contribution in [0.25, 0.3) is 10.9 Å². The maximum absolute atomic E-state index is 13.2. The Morgan fingerprint density at radius 3 is 2.77 bits per heavy atom. The summed E-state index contributed by atoms with van der Waals surface area (Å²) in [6.07, 6.45) is 7.87. The molecular formula is C24H34N4O2. The van der Waals surface area contributed by atoms with Crippen LogP contribution in [0.1, 0.15) is 48.9 Å². The molecule has 4 rings (SSSR count). The molecule has 2 aliphatic rings. The lowest BCUT2D eigenvalue weighted by atomic mass is 9.94. The SMILES string of the molecule is CN(CCCNc1cc(C(=O)N2CCOCC2)c2ccccc2n1)C1CCCCC1. The molecule has 1 aromatic carbocycles. The Balaban J connectivity index is 1.40. The summed E-state index contributed by atoms with van der Waals surface area (Å²) in [5.41, 5.74) is 1.59.